The standard InChI is InChI=1S/C13H14ClN3O2.ClH/c1-9-5-12(18)11(6-10(9)14)15-13(19)7-17-4-3-16(2)8-17;/h3-6,8H,7H2,1-2H3,(H-,15,18,19);1H. The first kappa shape index (κ1) is 16.3. The molecule has 108 valence electrons. The minimum absolute atomic E-state index is 0. The zero-order valence-corrected chi connectivity index (χ0v) is 12.6. The lowest BCUT2D eigenvalue weighted by molar-refractivity contribution is -0.671. The Morgan fingerprint density at radius 1 is 1.50 bits per heavy atom. The van der Waals surface area contributed by atoms with Gasteiger partial charge in [-0.05, 0) is 24.6 Å². The molecule has 1 amide bonds. The van der Waals surface area contributed by atoms with Gasteiger partial charge < -0.3 is 22.8 Å². The maximum absolute atomic E-state index is 11.8. The van der Waals surface area contributed by atoms with Gasteiger partial charge in [0.25, 0.3) is 5.91 Å². The number of aromatic nitrogens is 2. The van der Waals surface area contributed by atoms with Crippen molar-refractivity contribution in [2.75, 3.05) is 5.32 Å². The molecule has 0 atom stereocenters. The maximum atomic E-state index is 11.8. The third kappa shape index (κ3) is 3.88. The number of nitrogens with one attached hydrogen (secondary N) is 1. The van der Waals surface area contributed by atoms with Gasteiger partial charge in [-0.15, -0.1) is 0 Å². The van der Waals surface area contributed by atoms with Crippen LogP contribution >= 0.6 is 11.6 Å². The average Bonchev–Trinajstić information content (AvgIpc) is 2.71. The topological polar surface area (TPSA) is 58.1 Å². The van der Waals surface area contributed by atoms with Crippen molar-refractivity contribution in [1.82, 2.24) is 4.57 Å². The zero-order valence-electron chi connectivity index (χ0n) is 11.1. The number of benzene rings is 1. The average molecular weight is 316 g/mol. The van der Waals surface area contributed by atoms with Gasteiger partial charge in [0.05, 0.1) is 12.7 Å². The number of carbonyl (C=O) groups excluding carboxylic acids is 1. The molecule has 0 saturated heterocycles. The summed E-state index contributed by atoms with van der Waals surface area (Å²) in [6, 6.07) is 3.06. The molecule has 0 aliphatic carbocycles. The number of hydrogen-bond acceptors (Lipinski definition) is 2. The van der Waals surface area contributed by atoms with Crippen molar-refractivity contribution in [3.05, 3.63) is 41.4 Å². The molecule has 5 nitrogen and oxygen atoms in total. The number of aromatic hydroxyl groups is 1. The van der Waals surface area contributed by atoms with Crippen LogP contribution in [0.1, 0.15) is 5.56 Å². The highest BCUT2D eigenvalue weighted by Gasteiger charge is 2.12. The zero-order chi connectivity index (χ0) is 14.0. The second kappa shape index (κ2) is 6.63. The number of nitrogens with zero attached hydrogens (tertiary/aromatic N) is 2. The summed E-state index contributed by atoms with van der Waals surface area (Å²) in [5, 5.41) is 12.9. The van der Waals surface area contributed by atoms with Gasteiger partial charge in [0.2, 0.25) is 6.33 Å². The van der Waals surface area contributed by atoms with Crippen LogP contribution in [-0.2, 0) is 18.4 Å². The number of amides is 1. The molecular weight excluding hydrogens is 301 g/mol. The van der Waals surface area contributed by atoms with Crippen molar-refractivity contribution in [3.8, 4) is 5.75 Å². The SMILES string of the molecule is Cc1cc(O)c(NC(=O)Cn2cc[n+](C)c2)cc1Cl.[Cl-]. The Balaban J connectivity index is 0.00000200. The minimum atomic E-state index is -0.230. The maximum Gasteiger partial charge on any atom is 0.266 e. The predicted octanol–water partition coefficient (Wildman–Crippen LogP) is -1.38. The van der Waals surface area contributed by atoms with Crippen LogP contribution in [-0.4, -0.2) is 15.6 Å². The Labute approximate surface area is 128 Å². The summed E-state index contributed by atoms with van der Waals surface area (Å²) in [7, 11) is 1.87. The molecule has 0 radical (unpaired) electrons. The molecule has 7 heteroatoms. The van der Waals surface area contributed by atoms with Gasteiger partial charge >= 0.3 is 0 Å². The summed E-state index contributed by atoms with van der Waals surface area (Å²) in [6.07, 6.45) is 5.43. The molecule has 0 bridgehead atoms. The number of imidazole rings is 1. The van der Waals surface area contributed by atoms with Crippen LogP contribution in [0.15, 0.2) is 30.9 Å². The molecule has 1 heterocycles. The van der Waals surface area contributed by atoms with Crippen LogP contribution in [0.5, 0.6) is 5.75 Å². The molecule has 0 saturated carbocycles. The predicted molar refractivity (Wildman–Crippen MR) is 72.1 cm³/mol. The van der Waals surface area contributed by atoms with Crippen molar-refractivity contribution in [2.24, 2.45) is 7.05 Å². The molecule has 20 heavy (non-hydrogen) atoms. The molecular formula is C13H15Cl2N3O2. The third-order valence-corrected chi connectivity index (χ3v) is 3.11. The molecule has 1 aromatic carbocycles. The molecule has 0 spiro atoms. The van der Waals surface area contributed by atoms with Crippen LogP contribution in [0.4, 0.5) is 5.69 Å². The van der Waals surface area contributed by atoms with Gasteiger partial charge in [-0.2, -0.15) is 0 Å². The van der Waals surface area contributed by atoms with Gasteiger partial charge in [-0.1, -0.05) is 11.6 Å². The molecule has 0 aliphatic heterocycles. The molecule has 1 aromatic heterocycles. The Kier molecular flexibility index (Phi) is 5.42. The van der Waals surface area contributed by atoms with E-state index >= 15 is 0 Å². The second-order valence-corrected chi connectivity index (χ2v) is 4.83. The van der Waals surface area contributed by atoms with Crippen LogP contribution in [0.3, 0.4) is 0 Å². The summed E-state index contributed by atoms with van der Waals surface area (Å²) >= 11 is 5.96. The van der Waals surface area contributed by atoms with Crippen molar-refractivity contribution in [2.45, 2.75) is 13.5 Å². The van der Waals surface area contributed by atoms with E-state index in [1.165, 1.54) is 6.07 Å². The van der Waals surface area contributed by atoms with Crippen molar-refractivity contribution in [1.29, 1.82) is 0 Å². The number of hydrogen-bond donors (Lipinski definition) is 2. The first-order chi connectivity index (χ1) is 8.95. The fraction of sp³-hybridized carbons (Fsp3) is 0.231. The number of carbonyl (C=O) groups is 1. The number of anilines is 1. The van der Waals surface area contributed by atoms with Crippen LogP contribution in [0.25, 0.3) is 0 Å². The summed E-state index contributed by atoms with van der Waals surface area (Å²) in [5.41, 5.74) is 1.08. The Morgan fingerprint density at radius 3 is 2.80 bits per heavy atom. The van der Waals surface area contributed by atoms with Gasteiger partial charge in [0.1, 0.15) is 18.1 Å². The first-order valence-corrected chi connectivity index (χ1v) is 6.13. The minimum Gasteiger partial charge on any atom is -1.00 e. The normalized spacial score (nSPS) is 9.95. The first-order valence-electron chi connectivity index (χ1n) is 5.75. The van der Waals surface area contributed by atoms with Gasteiger partial charge in [0, 0.05) is 5.02 Å². The summed E-state index contributed by atoms with van der Waals surface area (Å²) in [5.74, 6) is -0.222. The van der Waals surface area contributed by atoms with Gasteiger partial charge in [-0.3, -0.25) is 4.79 Å². The molecule has 0 unspecified atom stereocenters. The van der Waals surface area contributed by atoms with E-state index in [0.29, 0.717) is 10.7 Å². The third-order valence-electron chi connectivity index (χ3n) is 2.70. The van der Waals surface area contributed by atoms with E-state index in [1.807, 2.05) is 17.8 Å². The van der Waals surface area contributed by atoms with Crippen molar-refractivity contribution in [3.63, 3.8) is 0 Å². The number of aryl methyl sites for hydroxylation is 2. The second-order valence-electron chi connectivity index (χ2n) is 4.42. The number of phenolic OH excluding ortho intramolecular Hbond substituents is 1. The molecule has 0 fully saturated rings. The highest BCUT2D eigenvalue weighted by Crippen LogP contribution is 2.29. The lowest BCUT2D eigenvalue weighted by Crippen LogP contribution is -3.00. The Bertz CT molecular complexity index is 626. The van der Waals surface area contributed by atoms with Crippen LogP contribution in [0.2, 0.25) is 5.02 Å². The number of halogens is 2. The smallest absolute Gasteiger partial charge is 0.266 e. The number of rotatable bonds is 3. The number of phenols is 1. The quantitative estimate of drug-likeness (QED) is 0.542. The van der Waals surface area contributed by atoms with E-state index < -0.39 is 0 Å². The fourth-order valence-electron chi connectivity index (χ4n) is 1.72. The van der Waals surface area contributed by atoms with E-state index in [0.717, 1.165) is 5.56 Å². The van der Waals surface area contributed by atoms with Crippen LogP contribution < -0.4 is 22.3 Å². The summed E-state index contributed by atoms with van der Waals surface area (Å²) in [4.78, 5) is 11.8. The lowest BCUT2D eigenvalue weighted by Gasteiger charge is -2.08. The van der Waals surface area contributed by atoms with E-state index in [9.17, 15) is 9.90 Å². The largest absolute Gasteiger partial charge is 1.00 e. The van der Waals surface area contributed by atoms with E-state index in [1.54, 1.807) is 30.1 Å². The lowest BCUT2D eigenvalue weighted by atomic mass is 10.2. The Hall–Kier alpha value is -1.72. The molecule has 0 aliphatic rings. The van der Waals surface area contributed by atoms with Gasteiger partial charge in [-0.25, -0.2) is 9.13 Å². The molecule has 2 rings (SSSR count). The summed E-state index contributed by atoms with van der Waals surface area (Å²) < 4.78 is 3.58. The molecule has 2 N–H and O–H groups in total. The van der Waals surface area contributed by atoms with Crippen molar-refractivity contribution < 1.29 is 26.9 Å². The summed E-state index contributed by atoms with van der Waals surface area (Å²) in [6.45, 7) is 1.96. The van der Waals surface area contributed by atoms with E-state index in [-0.39, 0.29) is 30.6 Å². The fourth-order valence-corrected chi connectivity index (χ4v) is 1.88. The monoisotopic (exact) mass is 315 g/mol. The van der Waals surface area contributed by atoms with E-state index in [2.05, 4.69) is 5.32 Å². The highest BCUT2D eigenvalue weighted by molar-refractivity contribution is 6.31. The highest BCUT2D eigenvalue weighted by atomic mass is 35.5. The van der Waals surface area contributed by atoms with Gasteiger partial charge in [0.15, 0.2) is 6.54 Å². The molecule has 2 aromatic rings. The van der Waals surface area contributed by atoms with Crippen LogP contribution in [0, 0.1) is 6.92 Å². The van der Waals surface area contributed by atoms with E-state index in [4.69, 9.17) is 11.6 Å². The van der Waals surface area contributed by atoms with Crippen molar-refractivity contribution >= 4 is 23.2 Å². The Morgan fingerprint density at radius 2 is 2.20 bits per heavy atom.